The lowest BCUT2D eigenvalue weighted by atomic mass is 9.84. The van der Waals surface area contributed by atoms with Crippen molar-refractivity contribution in [2.75, 3.05) is 0 Å². The number of hydrogen-bond acceptors (Lipinski definition) is 2. The van der Waals surface area contributed by atoms with Crippen LogP contribution < -0.4 is 5.32 Å². The number of allylic oxidation sites excluding steroid dienone is 1. The molecule has 0 amide bonds. The third kappa shape index (κ3) is 3.74. The van der Waals surface area contributed by atoms with Crippen LogP contribution in [-0.2, 0) is 11.2 Å². The van der Waals surface area contributed by atoms with Crippen LogP contribution in [0.2, 0.25) is 0 Å². The third-order valence-corrected chi connectivity index (χ3v) is 4.23. The van der Waals surface area contributed by atoms with Crippen molar-refractivity contribution in [2.45, 2.75) is 43.4 Å². The normalized spacial score (nSPS) is 19.1. The zero-order valence-corrected chi connectivity index (χ0v) is 14.7. The Balaban J connectivity index is 2.56. The number of nitrogens with one attached hydrogen (secondary N) is 1. The SMILES string of the molecule is Cc1cc2c(cc1C)/C(=C/C(=O)C(Cl)(Cl)Cl)NC(C)(C)C2. The average molecular weight is 347 g/mol. The number of fused-ring (bicyclic) bond motifs is 1. The molecule has 0 bridgehead atoms. The minimum atomic E-state index is -1.93. The average Bonchev–Trinajstić information content (AvgIpc) is 2.29. The van der Waals surface area contributed by atoms with Crippen LogP contribution in [-0.4, -0.2) is 15.1 Å². The summed E-state index contributed by atoms with van der Waals surface area (Å²) >= 11 is 17.0. The third-order valence-electron chi connectivity index (χ3n) is 3.67. The summed E-state index contributed by atoms with van der Waals surface area (Å²) in [7, 11) is 0. The van der Waals surface area contributed by atoms with Crippen molar-refractivity contribution in [1.29, 1.82) is 0 Å². The van der Waals surface area contributed by atoms with Crippen molar-refractivity contribution in [2.24, 2.45) is 0 Å². The van der Waals surface area contributed by atoms with E-state index >= 15 is 0 Å². The summed E-state index contributed by atoms with van der Waals surface area (Å²) in [6, 6.07) is 4.24. The van der Waals surface area contributed by atoms with Crippen molar-refractivity contribution in [3.63, 3.8) is 0 Å². The topological polar surface area (TPSA) is 29.1 Å². The molecule has 0 radical (unpaired) electrons. The van der Waals surface area contributed by atoms with E-state index in [4.69, 9.17) is 34.8 Å². The lowest BCUT2D eigenvalue weighted by molar-refractivity contribution is -0.113. The predicted molar refractivity (Wildman–Crippen MR) is 90.1 cm³/mol. The predicted octanol–water partition coefficient (Wildman–Crippen LogP) is 4.51. The molecule has 21 heavy (non-hydrogen) atoms. The molecule has 1 aromatic rings. The van der Waals surface area contributed by atoms with Crippen LogP contribution in [0.1, 0.15) is 36.1 Å². The number of ketones is 1. The number of carbonyl (C=O) groups is 1. The van der Waals surface area contributed by atoms with Crippen LogP contribution in [0.5, 0.6) is 0 Å². The van der Waals surface area contributed by atoms with Gasteiger partial charge in [-0.2, -0.15) is 0 Å². The van der Waals surface area contributed by atoms with Crippen LogP contribution in [0.25, 0.3) is 5.70 Å². The van der Waals surface area contributed by atoms with E-state index in [0.29, 0.717) is 5.70 Å². The van der Waals surface area contributed by atoms with Crippen LogP contribution in [0.15, 0.2) is 18.2 Å². The van der Waals surface area contributed by atoms with Gasteiger partial charge in [0, 0.05) is 22.9 Å². The second-order valence-corrected chi connectivity index (χ2v) is 8.48. The van der Waals surface area contributed by atoms with E-state index in [1.54, 1.807) is 0 Å². The van der Waals surface area contributed by atoms with Gasteiger partial charge in [-0.15, -0.1) is 0 Å². The molecular formula is C16H18Cl3NO. The number of hydrogen-bond donors (Lipinski definition) is 1. The largest absolute Gasteiger partial charge is 0.379 e. The molecule has 1 N–H and O–H groups in total. The van der Waals surface area contributed by atoms with Gasteiger partial charge in [0.1, 0.15) is 0 Å². The van der Waals surface area contributed by atoms with Crippen molar-refractivity contribution >= 4 is 46.3 Å². The molecule has 0 atom stereocenters. The summed E-state index contributed by atoms with van der Waals surface area (Å²) in [6.45, 7) is 8.29. The maximum Gasteiger partial charge on any atom is 0.252 e. The molecule has 0 unspecified atom stereocenters. The molecule has 2 nitrogen and oxygen atoms in total. The van der Waals surface area contributed by atoms with E-state index < -0.39 is 9.58 Å². The molecule has 0 saturated heterocycles. The Labute approximate surface area is 140 Å². The minimum Gasteiger partial charge on any atom is -0.379 e. The quantitative estimate of drug-likeness (QED) is 0.599. The van der Waals surface area contributed by atoms with Crippen LogP contribution in [0.4, 0.5) is 0 Å². The summed E-state index contributed by atoms with van der Waals surface area (Å²) in [5, 5.41) is 3.36. The van der Waals surface area contributed by atoms with E-state index in [0.717, 1.165) is 12.0 Å². The van der Waals surface area contributed by atoms with Gasteiger partial charge in [0.15, 0.2) is 0 Å². The first-order valence-corrected chi connectivity index (χ1v) is 7.84. The Bertz CT molecular complexity index is 627. The highest BCUT2D eigenvalue weighted by atomic mass is 35.6. The second kappa shape index (κ2) is 5.49. The van der Waals surface area contributed by atoms with Crippen molar-refractivity contribution in [1.82, 2.24) is 5.32 Å². The van der Waals surface area contributed by atoms with Gasteiger partial charge in [-0.25, -0.2) is 0 Å². The smallest absolute Gasteiger partial charge is 0.252 e. The lowest BCUT2D eigenvalue weighted by Crippen LogP contribution is -2.44. The molecule has 0 spiro atoms. The molecule has 114 valence electrons. The van der Waals surface area contributed by atoms with Crippen molar-refractivity contribution < 1.29 is 4.79 Å². The Hall–Kier alpha value is -0.700. The van der Waals surface area contributed by atoms with Gasteiger partial charge in [0.05, 0.1) is 0 Å². The highest BCUT2D eigenvalue weighted by Crippen LogP contribution is 2.34. The number of aryl methyl sites for hydroxylation is 2. The number of rotatable bonds is 1. The zero-order valence-electron chi connectivity index (χ0n) is 12.5. The molecule has 1 aromatic carbocycles. The van der Waals surface area contributed by atoms with Crippen LogP contribution in [0, 0.1) is 13.8 Å². The zero-order chi connectivity index (χ0) is 16.0. The van der Waals surface area contributed by atoms with E-state index in [9.17, 15) is 4.79 Å². The highest BCUT2D eigenvalue weighted by Gasteiger charge is 2.32. The Morgan fingerprint density at radius 1 is 1.24 bits per heavy atom. The van der Waals surface area contributed by atoms with Gasteiger partial charge in [-0.05, 0) is 56.9 Å². The monoisotopic (exact) mass is 345 g/mol. The highest BCUT2D eigenvalue weighted by molar-refractivity contribution is 6.77. The molecule has 2 rings (SSSR count). The van der Waals surface area contributed by atoms with Gasteiger partial charge in [-0.3, -0.25) is 4.79 Å². The number of halogens is 3. The van der Waals surface area contributed by atoms with Gasteiger partial charge < -0.3 is 5.32 Å². The number of benzene rings is 1. The first-order chi connectivity index (χ1) is 9.49. The van der Waals surface area contributed by atoms with E-state index in [1.807, 2.05) is 6.92 Å². The molecule has 0 aliphatic carbocycles. The molecular weight excluding hydrogens is 329 g/mol. The fourth-order valence-corrected chi connectivity index (χ4v) is 2.72. The molecule has 1 heterocycles. The van der Waals surface area contributed by atoms with Gasteiger partial charge in [0.25, 0.3) is 3.79 Å². The van der Waals surface area contributed by atoms with E-state index in [1.165, 1.54) is 22.8 Å². The lowest BCUT2D eigenvalue weighted by Gasteiger charge is -2.36. The Kier molecular flexibility index (Phi) is 4.36. The Morgan fingerprint density at radius 2 is 1.81 bits per heavy atom. The van der Waals surface area contributed by atoms with Gasteiger partial charge in [0.2, 0.25) is 5.78 Å². The molecule has 1 aliphatic heterocycles. The number of carbonyl (C=O) groups excluding carboxylic acids is 1. The van der Waals surface area contributed by atoms with E-state index in [2.05, 4.69) is 38.2 Å². The standard InChI is InChI=1S/C16H18Cl3NO/c1-9-5-11-8-15(3,4)20-13(12(11)6-10(9)2)7-14(21)16(17,18)19/h5-7,20H,8H2,1-4H3/b13-7-. The Morgan fingerprint density at radius 3 is 2.38 bits per heavy atom. The van der Waals surface area contributed by atoms with E-state index in [-0.39, 0.29) is 5.54 Å². The summed E-state index contributed by atoms with van der Waals surface area (Å²) in [4.78, 5) is 12.0. The molecule has 0 fully saturated rings. The molecule has 0 aromatic heterocycles. The molecule has 0 saturated carbocycles. The summed E-state index contributed by atoms with van der Waals surface area (Å²) < 4.78 is -1.93. The van der Waals surface area contributed by atoms with Crippen molar-refractivity contribution in [3.8, 4) is 0 Å². The first kappa shape index (κ1) is 16.7. The first-order valence-electron chi connectivity index (χ1n) is 6.71. The number of alkyl halides is 3. The summed E-state index contributed by atoms with van der Waals surface area (Å²) in [5.74, 6) is -0.545. The van der Waals surface area contributed by atoms with Crippen LogP contribution in [0.3, 0.4) is 0 Å². The van der Waals surface area contributed by atoms with Crippen LogP contribution >= 0.6 is 34.8 Å². The molecule has 1 aliphatic rings. The maximum atomic E-state index is 12.0. The van der Waals surface area contributed by atoms with Crippen molar-refractivity contribution in [3.05, 3.63) is 40.5 Å². The summed E-state index contributed by atoms with van der Waals surface area (Å²) in [6.07, 6.45) is 2.27. The minimum absolute atomic E-state index is 0.158. The van der Waals surface area contributed by atoms with Gasteiger partial charge in [-0.1, -0.05) is 40.9 Å². The fraction of sp³-hybridized carbons (Fsp3) is 0.438. The summed E-state index contributed by atoms with van der Waals surface area (Å²) in [5.41, 5.74) is 5.15. The molecule has 5 heteroatoms. The van der Waals surface area contributed by atoms with Gasteiger partial charge >= 0.3 is 0 Å². The second-order valence-electron chi connectivity index (χ2n) is 6.20. The fourth-order valence-electron chi connectivity index (χ4n) is 2.55. The maximum absolute atomic E-state index is 12.0.